The van der Waals surface area contributed by atoms with Gasteiger partial charge in [-0.05, 0) is 6.07 Å². The van der Waals surface area contributed by atoms with Gasteiger partial charge in [-0.15, -0.1) is 11.3 Å². The molecule has 4 N–H and O–H groups in total. The minimum Gasteiger partial charge on any atom is -0.397 e. The molecular weight excluding hydrogens is 254 g/mol. The van der Waals surface area contributed by atoms with Crippen LogP contribution in [0.25, 0.3) is 0 Å². The second-order valence-corrected chi connectivity index (χ2v) is 4.54. The Morgan fingerprint density at radius 2 is 2.44 bits per heavy atom. The summed E-state index contributed by atoms with van der Waals surface area (Å²) in [5.41, 5.74) is 6.22. The Hall–Kier alpha value is -2.09. The molecule has 0 spiro atoms. The van der Waals surface area contributed by atoms with E-state index in [1.807, 2.05) is 0 Å². The number of aromatic nitrogens is 2. The Labute approximate surface area is 107 Å². The van der Waals surface area contributed by atoms with Gasteiger partial charge in [0.05, 0.1) is 10.7 Å². The number of nitrogens with one attached hydrogen (secondary N) is 2. The van der Waals surface area contributed by atoms with E-state index in [2.05, 4.69) is 20.8 Å². The first-order valence-electron chi connectivity index (χ1n) is 5.31. The highest BCUT2D eigenvalue weighted by Gasteiger charge is 2.12. The molecule has 0 atom stereocenters. The maximum atomic E-state index is 11.5. The van der Waals surface area contributed by atoms with E-state index in [9.17, 15) is 4.79 Å². The van der Waals surface area contributed by atoms with Crippen LogP contribution < -0.4 is 16.4 Å². The molecule has 2 aromatic heterocycles. The second kappa shape index (κ2) is 5.50. The Morgan fingerprint density at radius 1 is 1.61 bits per heavy atom. The Kier molecular flexibility index (Phi) is 3.78. The van der Waals surface area contributed by atoms with Crippen molar-refractivity contribution in [2.24, 2.45) is 0 Å². The molecule has 7 nitrogen and oxygen atoms in total. The highest BCUT2D eigenvalue weighted by atomic mass is 32.1. The predicted molar refractivity (Wildman–Crippen MR) is 68.6 cm³/mol. The number of carbonyl (C=O) groups is 1. The maximum Gasteiger partial charge on any atom is 0.263 e. The van der Waals surface area contributed by atoms with Crippen molar-refractivity contribution in [3.8, 4) is 0 Å². The van der Waals surface area contributed by atoms with Crippen LogP contribution in [0.4, 0.5) is 10.7 Å². The molecule has 0 radical (unpaired) electrons. The molecule has 0 fully saturated rings. The summed E-state index contributed by atoms with van der Waals surface area (Å²) in [6, 6.07) is 1.74. The Balaban J connectivity index is 1.92. The summed E-state index contributed by atoms with van der Waals surface area (Å²) >= 11 is 1.31. The summed E-state index contributed by atoms with van der Waals surface area (Å²) in [7, 11) is 1.57. The van der Waals surface area contributed by atoms with E-state index >= 15 is 0 Å². The minimum atomic E-state index is -0.178. The Morgan fingerprint density at radius 3 is 3.11 bits per heavy atom. The van der Waals surface area contributed by atoms with Gasteiger partial charge in [-0.3, -0.25) is 4.79 Å². The van der Waals surface area contributed by atoms with Crippen LogP contribution in [0.15, 0.2) is 16.9 Å². The van der Waals surface area contributed by atoms with E-state index in [1.165, 1.54) is 17.7 Å². The number of amides is 1. The average molecular weight is 267 g/mol. The van der Waals surface area contributed by atoms with Crippen LogP contribution in [-0.4, -0.2) is 29.6 Å². The zero-order valence-electron chi connectivity index (χ0n) is 9.77. The second-order valence-electron chi connectivity index (χ2n) is 3.49. The van der Waals surface area contributed by atoms with Crippen molar-refractivity contribution in [2.45, 2.75) is 6.42 Å². The number of anilines is 2. The molecule has 2 rings (SSSR count). The van der Waals surface area contributed by atoms with Crippen LogP contribution in [0.1, 0.15) is 15.6 Å². The van der Waals surface area contributed by atoms with Crippen LogP contribution in [0.5, 0.6) is 0 Å². The number of hydrogen-bond donors (Lipinski definition) is 3. The summed E-state index contributed by atoms with van der Waals surface area (Å²) in [5.74, 6) is 0.390. The molecular formula is C10H13N5O2S. The fourth-order valence-corrected chi connectivity index (χ4v) is 2.33. The van der Waals surface area contributed by atoms with Gasteiger partial charge in [-0.1, -0.05) is 5.16 Å². The van der Waals surface area contributed by atoms with Gasteiger partial charge in [0, 0.05) is 20.0 Å². The molecule has 2 aromatic rings. The van der Waals surface area contributed by atoms with Gasteiger partial charge in [0.25, 0.3) is 5.91 Å². The van der Waals surface area contributed by atoms with Crippen molar-refractivity contribution in [3.63, 3.8) is 0 Å². The number of thiophene rings is 1. The van der Waals surface area contributed by atoms with E-state index in [-0.39, 0.29) is 5.91 Å². The summed E-state index contributed by atoms with van der Waals surface area (Å²) in [6.45, 7) is 0.634. The monoisotopic (exact) mass is 267 g/mol. The fraction of sp³-hybridized carbons (Fsp3) is 0.300. The van der Waals surface area contributed by atoms with Crippen molar-refractivity contribution in [2.75, 3.05) is 24.6 Å². The van der Waals surface area contributed by atoms with Crippen LogP contribution >= 0.6 is 11.3 Å². The Bertz CT molecular complexity index is 522. The molecule has 8 heteroatoms. The predicted octanol–water partition coefficient (Wildman–Crippen LogP) is 0.728. The number of nitrogens with zero attached hydrogens (tertiary/aromatic N) is 2. The quantitative estimate of drug-likeness (QED) is 0.737. The first kappa shape index (κ1) is 12.4. The number of carbonyl (C=O) groups excluding carboxylic acids is 1. The zero-order chi connectivity index (χ0) is 13.0. The standard InChI is InChI=1S/C10H13N5O2S/c1-12-10(16)9-6(11)4-8(18-9)13-3-2-7-14-5-15-17-7/h4-5,13H,2-3,11H2,1H3,(H,12,16). The van der Waals surface area contributed by atoms with Gasteiger partial charge in [0.2, 0.25) is 5.89 Å². The molecule has 0 saturated heterocycles. The smallest absolute Gasteiger partial charge is 0.263 e. The first-order chi connectivity index (χ1) is 8.70. The summed E-state index contributed by atoms with van der Waals surface area (Å²) < 4.78 is 4.87. The molecule has 18 heavy (non-hydrogen) atoms. The summed E-state index contributed by atoms with van der Waals surface area (Å²) in [4.78, 5) is 15.9. The molecule has 0 unspecified atom stereocenters. The van der Waals surface area contributed by atoms with E-state index in [4.69, 9.17) is 10.3 Å². The van der Waals surface area contributed by atoms with E-state index in [0.29, 0.717) is 29.4 Å². The number of rotatable bonds is 5. The molecule has 1 amide bonds. The zero-order valence-corrected chi connectivity index (χ0v) is 10.6. The van der Waals surface area contributed by atoms with E-state index < -0.39 is 0 Å². The third-order valence-corrected chi connectivity index (χ3v) is 3.35. The summed E-state index contributed by atoms with van der Waals surface area (Å²) in [5, 5.41) is 10.1. The number of nitrogens with two attached hydrogens (primary N) is 1. The normalized spacial score (nSPS) is 10.3. The fourth-order valence-electron chi connectivity index (χ4n) is 1.38. The molecule has 0 aromatic carbocycles. The van der Waals surface area contributed by atoms with Gasteiger partial charge < -0.3 is 20.9 Å². The van der Waals surface area contributed by atoms with Crippen molar-refractivity contribution in [1.29, 1.82) is 0 Å². The lowest BCUT2D eigenvalue weighted by atomic mass is 10.3. The van der Waals surface area contributed by atoms with Crippen LogP contribution in [0, 0.1) is 0 Å². The highest BCUT2D eigenvalue weighted by molar-refractivity contribution is 7.18. The number of hydrogen-bond acceptors (Lipinski definition) is 7. The largest absolute Gasteiger partial charge is 0.397 e. The topological polar surface area (TPSA) is 106 Å². The molecule has 0 bridgehead atoms. The van der Waals surface area contributed by atoms with Crippen LogP contribution in [0.2, 0.25) is 0 Å². The minimum absolute atomic E-state index is 0.178. The van der Waals surface area contributed by atoms with Crippen molar-refractivity contribution < 1.29 is 9.32 Å². The van der Waals surface area contributed by atoms with Crippen molar-refractivity contribution in [1.82, 2.24) is 15.5 Å². The first-order valence-corrected chi connectivity index (χ1v) is 6.13. The average Bonchev–Trinajstić information content (AvgIpc) is 2.98. The van der Waals surface area contributed by atoms with Gasteiger partial charge in [0.1, 0.15) is 4.88 Å². The van der Waals surface area contributed by atoms with Gasteiger partial charge >= 0.3 is 0 Å². The molecule has 0 aliphatic heterocycles. The maximum absolute atomic E-state index is 11.5. The lowest BCUT2D eigenvalue weighted by Crippen LogP contribution is -2.17. The molecule has 0 aliphatic carbocycles. The summed E-state index contributed by atoms with van der Waals surface area (Å²) in [6.07, 6.45) is 1.98. The molecule has 0 saturated carbocycles. The van der Waals surface area contributed by atoms with E-state index in [0.717, 1.165) is 5.00 Å². The van der Waals surface area contributed by atoms with E-state index in [1.54, 1.807) is 13.1 Å². The van der Waals surface area contributed by atoms with Gasteiger partial charge in [-0.2, -0.15) is 4.98 Å². The van der Waals surface area contributed by atoms with Crippen molar-refractivity contribution in [3.05, 3.63) is 23.2 Å². The molecule has 2 heterocycles. The van der Waals surface area contributed by atoms with Crippen LogP contribution in [0.3, 0.4) is 0 Å². The number of nitrogen functional groups attached to an aromatic ring is 1. The highest BCUT2D eigenvalue weighted by Crippen LogP contribution is 2.28. The lowest BCUT2D eigenvalue weighted by molar-refractivity contribution is 0.0968. The lowest BCUT2D eigenvalue weighted by Gasteiger charge is -1.99. The van der Waals surface area contributed by atoms with Gasteiger partial charge in [0.15, 0.2) is 6.33 Å². The molecule has 0 aliphatic rings. The third-order valence-electron chi connectivity index (χ3n) is 2.24. The van der Waals surface area contributed by atoms with Crippen LogP contribution in [-0.2, 0) is 6.42 Å². The van der Waals surface area contributed by atoms with Gasteiger partial charge in [-0.25, -0.2) is 0 Å². The SMILES string of the molecule is CNC(=O)c1sc(NCCc2ncno2)cc1N. The third kappa shape index (κ3) is 2.77. The molecule has 96 valence electrons. The van der Waals surface area contributed by atoms with Crippen molar-refractivity contribution >= 4 is 27.9 Å².